The van der Waals surface area contributed by atoms with E-state index in [1.807, 2.05) is 0 Å². The van der Waals surface area contributed by atoms with Crippen LogP contribution in [0.15, 0.2) is 18.2 Å². The lowest BCUT2D eigenvalue weighted by atomic mass is 9.72. The van der Waals surface area contributed by atoms with Crippen molar-refractivity contribution in [2.24, 2.45) is 5.41 Å². The van der Waals surface area contributed by atoms with Gasteiger partial charge in [0.15, 0.2) is 0 Å². The van der Waals surface area contributed by atoms with Gasteiger partial charge in [0.1, 0.15) is 11.4 Å². The number of esters is 1. The second-order valence-corrected chi connectivity index (χ2v) is 5.45. The highest BCUT2D eigenvalue weighted by Gasteiger charge is 2.47. The van der Waals surface area contributed by atoms with Crippen LogP contribution in [0.3, 0.4) is 0 Å². The number of carbonyl (C=O) groups is 1. The Morgan fingerprint density at radius 1 is 1.42 bits per heavy atom. The van der Waals surface area contributed by atoms with Crippen LogP contribution in [0.25, 0.3) is 0 Å². The van der Waals surface area contributed by atoms with Crippen LogP contribution >= 0.6 is 11.6 Å². The molecule has 0 bridgehead atoms. The molecule has 0 spiro atoms. The highest BCUT2D eigenvalue weighted by atomic mass is 35.5. The predicted octanol–water partition coefficient (Wildman–Crippen LogP) is 3.28. The molecule has 0 aliphatic rings. The van der Waals surface area contributed by atoms with E-state index in [1.165, 1.54) is 19.1 Å². The zero-order valence-corrected chi connectivity index (χ0v) is 12.2. The maximum atomic E-state index is 13.2. The Hall–Kier alpha value is -1.13. The molecular formula is C14H18ClFO3. The average Bonchev–Trinajstić information content (AvgIpc) is 2.32. The lowest BCUT2D eigenvalue weighted by Crippen LogP contribution is -2.46. The first kappa shape index (κ1) is 15.9. The maximum absolute atomic E-state index is 13.2. The van der Waals surface area contributed by atoms with Crippen molar-refractivity contribution in [3.63, 3.8) is 0 Å². The summed E-state index contributed by atoms with van der Waals surface area (Å²) in [5, 5.41) is 10.5. The third-order valence-electron chi connectivity index (χ3n) is 3.48. The lowest BCUT2D eigenvalue weighted by Gasteiger charge is -2.38. The van der Waals surface area contributed by atoms with Crippen molar-refractivity contribution in [2.75, 3.05) is 6.61 Å². The second kappa shape index (κ2) is 5.47. The molecule has 1 unspecified atom stereocenters. The fourth-order valence-corrected chi connectivity index (χ4v) is 1.85. The van der Waals surface area contributed by atoms with Crippen LogP contribution < -0.4 is 0 Å². The molecule has 0 aliphatic heterocycles. The minimum atomic E-state index is -1.53. The van der Waals surface area contributed by atoms with E-state index in [4.69, 9.17) is 16.3 Å². The smallest absolute Gasteiger partial charge is 0.314 e. The SMILES string of the molecule is CCOC(=O)C(C)(C)C(C)(O)c1ccc(F)c(Cl)c1. The van der Waals surface area contributed by atoms with Crippen molar-refractivity contribution < 1.29 is 19.0 Å². The minimum absolute atomic E-state index is 0.0996. The van der Waals surface area contributed by atoms with Gasteiger partial charge in [-0.3, -0.25) is 4.79 Å². The number of carbonyl (C=O) groups excluding carboxylic acids is 1. The van der Waals surface area contributed by atoms with Gasteiger partial charge in [-0.05, 0) is 45.4 Å². The summed E-state index contributed by atoms with van der Waals surface area (Å²) < 4.78 is 18.1. The largest absolute Gasteiger partial charge is 0.465 e. The van der Waals surface area contributed by atoms with Crippen molar-refractivity contribution >= 4 is 17.6 Å². The summed E-state index contributed by atoms with van der Waals surface area (Å²) in [6, 6.07) is 3.88. The Balaban J connectivity index is 3.21. The van der Waals surface area contributed by atoms with Gasteiger partial charge >= 0.3 is 5.97 Å². The Morgan fingerprint density at radius 3 is 2.47 bits per heavy atom. The van der Waals surface area contributed by atoms with Gasteiger partial charge in [-0.15, -0.1) is 0 Å². The first-order chi connectivity index (χ1) is 8.64. The summed E-state index contributed by atoms with van der Waals surface area (Å²) >= 11 is 5.71. The van der Waals surface area contributed by atoms with E-state index < -0.39 is 22.8 Å². The molecule has 1 aromatic carbocycles. The van der Waals surface area contributed by atoms with E-state index >= 15 is 0 Å². The normalized spacial score (nSPS) is 14.9. The molecule has 0 radical (unpaired) electrons. The fourth-order valence-electron chi connectivity index (χ4n) is 1.67. The molecule has 0 aliphatic carbocycles. The van der Waals surface area contributed by atoms with Crippen LogP contribution in [-0.4, -0.2) is 17.7 Å². The molecule has 5 heteroatoms. The zero-order valence-electron chi connectivity index (χ0n) is 11.5. The summed E-state index contributed by atoms with van der Waals surface area (Å²) in [4.78, 5) is 11.9. The van der Waals surface area contributed by atoms with Crippen LogP contribution in [0.2, 0.25) is 5.02 Å². The summed E-state index contributed by atoms with van der Waals surface area (Å²) in [5.41, 5.74) is -2.36. The quantitative estimate of drug-likeness (QED) is 0.865. The third-order valence-corrected chi connectivity index (χ3v) is 3.77. The Kier molecular flexibility index (Phi) is 4.59. The number of aliphatic hydroxyl groups is 1. The molecule has 0 saturated carbocycles. The van der Waals surface area contributed by atoms with Gasteiger partial charge < -0.3 is 9.84 Å². The minimum Gasteiger partial charge on any atom is -0.465 e. The Labute approximate surface area is 117 Å². The van der Waals surface area contributed by atoms with Crippen molar-refractivity contribution in [2.45, 2.75) is 33.3 Å². The molecule has 1 aromatic rings. The molecule has 1 rings (SSSR count). The van der Waals surface area contributed by atoms with Gasteiger partial charge in [-0.1, -0.05) is 17.7 Å². The molecule has 1 N–H and O–H groups in total. The number of hydrogen-bond acceptors (Lipinski definition) is 3. The molecule has 0 heterocycles. The molecule has 1 atom stereocenters. The molecule has 0 saturated heterocycles. The standard InChI is InChI=1S/C14H18ClFO3/c1-5-19-12(17)13(2,3)14(4,18)9-6-7-11(16)10(15)8-9/h6-8,18H,5H2,1-4H3. The van der Waals surface area contributed by atoms with Gasteiger partial charge in [0.05, 0.1) is 17.0 Å². The molecule has 3 nitrogen and oxygen atoms in total. The van der Waals surface area contributed by atoms with Crippen molar-refractivity contribution in [3.8, 4) is 0 Å². The fraction of sp³-hybridized carbons (Fsp3) is 0.500. The van der Waals surface area contributed by atoms with Crippen LogP contribution in [0, 0.1) is 11.2 Å². The Bertz CT molecular complexity index is 484. The summed E-state index contributed by atoms with van der Waals surface area (Å²) in [6.07, 6.45) is 0. The van der Waals surface area contributed by atoms with Crippen LogP contribution in [0.5, 0.6) is 0 Å². The molecule has 0 amide bonds. The highest BCUT2D eigenvalue weighted by molar-refractivity contribution is 6.30. The molecule has 0 fully saturated rings. The molecule has 106 valence electrons. The molecular weight excluding hydrogens is 271 g/mol. The van der Waals surface area contributed by atoms with Crippen molar-refractivity contribution in [3.05, 3.63) is 34.6 Å². The van der Waals surface area contributed by atoms with E-state index in [0.29, 0.717) is 5.56 Å². The lowest BCUT2D eigenvalue weighted by molar-refractivity contribution is -0.170. The molecule has 19 heavy (non-hydrogen) atoms. The number of hydrogen-bond donors (Lipinski definition) is 1. The van der Waals surface area contributed by atoms with Crippen LogP contribution in [-0.2, 0) is 15.1 Å². The van der Waals surface area contributed by atoms with E-state index in [9.17, 15) is 14.3 Å². The number of rotatable bonds is 4. The van der Waals surface area contributed by atoms with Crippen LogP contribution in [0.1, 0.15) is 33.3 Å². The first-order valence-corrected chi connectivity index (χ1v) is 6.37. The number of ether oxygens (including phenoxy) is 1. The monoisotopic (exact) mass is 288 g/mol. The van der Waals surface area contributed by atoms with Gasteiger partial charge in [0.2, 0.25) is 0 Å². The van der Waals surface area contributed by atoms with E-state index in [0.717, 1.165) is 6.07 Å². The van der Waals surface area contributed by atoms with Gasteiger partial charge in [0, 0.05) is 0 Å². The Morgan fingerprint density at radius 2 is 2.00 bits per heavy atom. The van der Waals surface area contributed by atoms with E-state index in [2.05, 4.69) is 0 Å². The van der Waals surface area contributed by atoms with Crippen molar-refractivity contribution in [1.29, 1.82) is 0 Å². The average molecular weight is 289 g/mol. The van der Waals surface area contributed by atoms with Crippen LogP contribution in [0.4, 0.5) is 4.39 Å². The highest BCUT2D eigenvalue weighted by Crippen LogP contribution is 2.41. The summed E-state index contributed by atoms with van der Waals surface area (Å²) in [6.45, 7) is 6.54. The summed E-state index contributed by atoms with van der Waals surface area (Å²) in [5.74, 6) is -1.10. The first-order valence-electron chi connectivity index (χ1n) is 5.99. The number of halogens is 2. The zero-order chi connectivity index (χ0) is 14.8. The van der Waals surface area contributed by atoms with E-state index in [-0.39, 0.29) is 11.6 Å². The second-order valence-electron chi connectivity index (χ2n) is 5.05. The third kappa shape index (κ3) is 2.90. The van der Waals surface area contributed by atoms with Crippen molar-refractivity contribution in [1.82, 2.24) is 0 Å². The van der Waals surface area contributed by atoms with Gasteiger partial charge in [-0.25, -0.2) is 4.39 Å². The molecule has 0 aromatic heterocycles. The van der Waals surface area contributed by atoms with Gasteiger partial charge in [-0.2, -0.15) is 0 Å². The maximum Gasteiger partial charge on any atom is 0.314 e. The predicted molar refractivity (Wildman–Crippen MR) is 71.4 cm³/mol. The number of benzene rings is 1. The topological polar surface area (TPSA) is 46.5 Å². The van der Waals surface area contributed by atoms with E-state index in [1.54, 1.807) is 20.8 Å². The summed E-state index contributed by atoms with van der Waals surface area (Å²) in [7, 11) is 0. The van der Waals surface area contributed by atoms with Gasteiger partial charge in [0.25, 0.3) is 0 Å².